The van der Waals surface area contributed by atoms with Crippen LogP contribution in [0.2, 0.25) is 5.02 Å². The van der Waals surface area contributed by atoms with Crippen LogP contribution in [0.25, 0.3) is 27.6 Å². The third kappa shape index (κ3) is 4.06. The van der Waals surface area contributed by atoms with Crippen LogP contribution in [0, 0.1) is 0 Å². The average Bonchev–Trinajstić information content (AvgIpc) is 3.52. The average molecular weight is 542 g/mol. The van der Waals surface area contributed by atoms with E-state index in [2.05, 4.69) is 29.2 Å². The molecule has 0 saturated carbocycles. The lowest BCUT2D eigenvalue weighted by Gasteiger charge is -2.25. The molecule has 0 fully saturated rings. The molecule has 0 spiro atoms. The van der Waals surface area contributed by atoms with Gasteiger partial charge in [-0.2, -0.15) is 0 Å². The normalized spacial score (nSPS) is 12.8. The number of hydrogen-bond acceptors (Lipinski definition) is 4. The van der Waals surface area contributed by atoms with Gasteiger partial charge in [-0.25, -0.2) is 0 Å². The van der Waals surface area contributed by atoms with E-state index in [-0.39, 0.29) is 17.1 Å². The fourth-order valence-corrected chi connectivity index (χ4v) is 6.31. The number of Topliss-reactive ketones (excluding diaryl/α,β-unsaturated/α-hetero) is 2. The van der Waals surface area contributed by atoms with Gasteiger partial charge in [0.05, 0.1) is 11.3 Å². The van der Waals surface area contributed by atoms with Gasteiger partial charge in [-0.15, -0.1) is 11.3 Å². The van der Waals surface area contributed by atoms with Gasteiger partial charge in [0.15, 0.2) is 11.6 Å². The van der Waals surface area contributed by atoms with Crippen LogP contribution in [0.15, 0.2) is 121 Å². The molecule has 1 heterocycles. The monoisotopic (exact) mass is 541 g/mol. The number of thiophene rings is 1. The van der Waals surface area contributed by atoms with Crippen molar-refractivity contribution in [1.29, 1.82) is 0 Å². The molecule has 5 heteroatoms. The van der Waals surface area contributed by atoms with Crippen LogP contribution in [-0.2, 0) is 0 Å². The second-order valence-corrected chi connectivity index (χ2v) is 11.0. The van der Waals surface area contributed by atoms with Crippen molar-refractivity contribution in [3.8, 4) is 0 Å². The van der Waals surface area contributed by atoms with Crippen molar-refractivity contribution < 1.29 is 9.59 Å². The molecule has 0 radical (unpaired) electrons. The third-order valence-corrected chi connectivity index (χ3v) is 8.35. The van der Waals surface area contributed by atoms with Crippen molar-refractivity contribution in [3.63, 3.8) is 0 Å². The van der Waals surface area contributed by atoms with E-state index in [4.69, 9.17) is 11.6 Å². The molecule has 5 aromatic carbocycles. The second-order valence-electron chi connectivity index (χ2n) is 9.45. The molecule has 0 bridgehead atoms. The number of rotatable bonds is 4. The highest BCUT2D eigenvalue weighted by atomic mass is 35.5. The SMILES string of the molecule is O=C1C(=Cc2ccc(N(c3ccc(Cl)cc3)c3cccc4ccccc34)s2)C(=O)c2cc3ccccc3cc21. The topological polar surface area (TPSA) is 37.4 Å². The zero-order chi connectivity index (χ0) is 26.5. The van der Waals surface area contributed by atoms with E-state index in [9.17, 15) is 9.59 Å². The molecule has 7 rings (SSSR count). The summed E-state index contributed by atoms with van der Waals surface area (Å²) in [6.07, 6.45) is 1.73. The maximum absolute atomic E-state index is 13.3. The molecule has 186 valence electrons. The fraction of sp³-hybridized carbons (Fsp3) is 0. The third-order valence-electron chi connectivity index (χ3n) is 7.08. The highest BCUT2D eigenvalue weighted by molar-refractivity contribution is 7.17. The molecule has 0 unspecified atom stereocenters. The lowest BCUT2D eigenvalue weighted by Crippen LogP contribution is -2.08. The molecule has 0 saturated heterocycles. The molecule has 0 atom stereocenters. The lowest BCUT2D eigenvalue weighted by atomic mass is 10.0. The number of ketones is 2. The Labute approximate surface area is 234 Å². The van der Waals surface area contributed by atoms with Gasteiger partial charge in [0.25, 0.3) is 0 Å². The molecule has 1 aromatic heterocycles. The minimum atomic E-state index is -0.223. The van der Waals surface area contributed by atoms with Gasteiger partial charge < -0.3 is 4.90 Å². The number of nitrogens with zero attached hydrogens (tertiary/aromatic N) is 1. The summed E-state index contributed by atoms with van der Waals surface area (Å²) in [5.74, 6) is -0.446. The maximum Gasteiger partial charge on any atom is 0.197 e. The Morgan fingerprint density at radius 1 is 0.641 bits per heavy atom. The van der Waals surface area contributed by atoms with Crippen molar-refractivity contribution in [2.24, 2.45) is 0 Å². The van der Waals surface area contributed by atoms with E-state index in [1.807, 2.05) is 91.0 Å². The molecule has 6 aromatic rings. The predicted molar refractivity (Wildman–Crippen MR) is 162 cm³/mol. The predicted octanol–water partition coefficient (Wildman–Crippen LogP) is 9.64. The van der Waals surface area contributed by atoms with E-state index in [1.54, 1.807) is 6.08 Å². The van der Waals surface area contributed by atoms with Gasteiger partial charge in [-0.3, -0.25) is 9.59 Å². The Kier molecular flexibility index (Phi) is 5.66. The zero-order valence-corrected chi connectivity index (χ0v) is 22.2. The summed E-state index contributed by atoms with van der Waals surface area (Å²) >= 11 is 7.74. The van der Waals surface area contributed by atoms with Gasteiger partial charge in [0, 0.05) is 32.1 Å². The number of anilines is 3. The second kappa shape index (κ2) is 9.35. The molecular weight excluding hydrogens is 522 g/mol. The van der Waals surface area contributed by atoms with Crippen LogP contribution in [0.5, 0.6) is 0 Å². The van der Waals surface area contributed by atoms with E-state index in [1.165, 1.54) is 11.3 Å². The van der Waals surface area contributed by atoms with Crippen LogP contribution < -0.4 is 4.90 Å². The quantitative estimate of drug-likeness (QED) is 0.165. The highest BCUT2D eigenvalue weighted by Gasteiger charge is 2.33. The number of fused-ring (bicyclic) bond motifs is 3. The minimum Gasteiger partial charge on any atom is -0.301 e. The summed E-state index contributed by atoms with van der Waals surface area (Å²) in [4.78, 5) is 29.6. The molecule has 0 amide bonds. The number of allylic oxidation sites excluding steroid dienone is 1. The molecule has 1 aliphatic rings. The van der Waals surface area contributed by atoms with E-state index in [0.29, 0.717) is 16.1 Å². The summed E-state index contributed by atoms with van der Waals surface area (Å²) in [5.41, 5.74) is 3.14. The maximum atomic E-state index is 13.3. The van der Waals surface area contributed by atoms with Crippen molar-refractivity contribution in [1.82, 2.24) is 0 Å². The lowest BCUT2D eigenvalue weighted by molar-refractivity contribution is 0.0990. The molecule has 0 aliphatic heterocycles. The van der Waals surface area contributed by atoms with Gasteiger partial charge in [-0.1, -0.05) is 72.3 Å². The van der Waals surface area contributed by atoms with E-state index >= 15 is 0 Å². The van der Waals surface area contributed by atoms with Crippen LogP contribution in [0.4, 0.5) is 16.4 Å². The highest BCUT2D eigenvalue weighted by Crippen LogP contribution is 2.43. The Morgan fingerprint density at radius 3 is 1.95 bits per heavy atom. The largest absolute Gasteiger partial charge is 0.301 e. The van der Waals surface area contributed by atoms with E-state index < -0.39 is 0 Å². The first-order chi connectivity index (χ1) is 19.1. The Balaban J connectivity index is 1.32. The van der Waals surface area contributed by atoms with E-state index in [0.717, 1.165) is 42.8 Å². The number of benzene rings is 5. The Bertz CT molecular complexity index is 1910. The Hall–Kier alpha value is -4.51. The summed E-state index contributed by atoms with van der Waals surface area (Å²) in [7, 11) is 0. The van der Waals surface area contributed by atoms with Crippen molar-refractivity contribution in [2.75, 3.05) is 4.90 Å². The first-order valence-electron chi connectivity index (χ1n) is 12.5. The van der Waals surface area contributed by atoms with Crippen LogP contribution in [0.1, 0.15) is 25.6 Å². The first kappa shape index (κ1) is 23.6. The summed E-state index contributed by atoms with van der Waals surface area (Å²) in [6, 6.07) is 37.7. The number of carbonyl (C=O) groups excluding carboxylic acids is 2. The summed E-state index contributed by atoms with van der Waals surface area (Å²) in [5, 5.41) is 5.78. The van der Waals surface area contributed by atoms with Gasteiger partial charge in [0.1, 0.15) is 5.00 Å². The standard InChI is InChI=1S/C34H20ClNO2S/c35-24-12-14-25(15-13-24)36(31-11-5-9-21-6-3-4-10-27(21)31)32-17-16-26(39-32)20-30-33(37)28-18-22-7-1-2-8-23(22)19-29(28)34(30)38/h1-20H. The van der Waals surface area contributed by atoms with Gasteiger partial charge in [0.2, 0.25) is 0 Å². The van der Waals surface area contributed by atoms with Gasteiger partial charge in [-0.05, 0) is 76.8 Å². The molecular formula is C34H20ClNO2S. The fourth-order valence-electron chi connectivity index (χ4n) is 5.20. The minimum absolute atomic E-state index is 0.205. The van der Waals surface area contributed by atoms with Crippen LogP contribution >= 0.6 is 22.9 Å². The molecule has 1 aliphatic carbocycles. The summed E-state index contributed by atoms with van der Waals surface area (Å²) < 4.78 is 0. The van der Waals surface area contributed by atoms with Crippen molar-refractivity contribution in [2.45, 2.75) is 0 Å². The summed E-state index contributed by atoms with van der Waals surface area (Å²) in [6.45, 7) is 0. The van der Waals surface area contributed by atoms with Crippen molar-refractivity contribution in [3.05, 3.63) is 142 Å². The van der Waals surface area contributed by atoms with Crippen molar-refractivity contribution >= 4 is 78.5 Å². The first-order valence-corrected chi connectivity index (χ1v) is 13.7. The smallest absolute Gasteiger partial charge is 0.197 e. The molecule has 3 nitrogen and oxygen atoms in total. The Morgan fingerprint density at radius 2 is 1.26 bits per heavy atom. The number of hydrogen-bond donors (Lipinski definition) is 0. The zero-order valence-electron chi connectivity index (χ0n) is 20.6. The molecule has 0 N–H and O–H groups in total. The van der Waals surface area contributed by atoms with Gasteiger partial charge >= 0.3 is 0 Å². The number of carbonyl (C=O) groups is 2. The molecule has 39 heavy (non-hydrogen) atoms. The number of halogens is 1. The van der Waals surface area contributed by atoms with Crippen LogP contribution in [-0.4, -0.2) is 11.6 Å². The van der Waals surface area contributed by atoms with Crippen LogP contribution in [0.3, 0.4) is 0 Å².